The number of ether oxygens (including phenoxy) is 1. The quantitative estimate of drug-likeness (QED) is 0.913. The third kappa shape index (κ3) is 2.82. The molecule has 0 unspecified atom stereocenters. The Balaban J connectivity index is 2.29. The van der Waals surface area contributed by atoms with E-state index in [0.717, 1.165) is 0 Å². The largest absolute Gasteiger partial charge is 0.497 e. The van der Waals surface area contributed by atoms with Gasteiger partial charge in [0.15, 0.2) is 5.82 Å². The van der Waals surface area contributed by atoms with Gasteiger partial charge in [-0.3, -0.25) is 4.98 Å². The summed E-state index contributed by atoms with van der Waals surface area (Å²) in [6.07, 6.45) is 2.85. The van der Waals surface area contributed by atoms with Crippen molar-refractivity contribution in [2.75, 3.05) is 12.4 Å². The minimum Gasteiger partial charge on any atom is -0.497 e. The fourth-order valence-electron chi connectivity index (χ4n) is 1.27. The van der Waals surface area contributed by atoms with Crippen molar-refractivity contribution in [1.29, 1.82) is 0 Å². The first-order chi connectivity index (χ1) is 8.19. The molecule has 6 heteroatoms. The molecule has 0 fully saturated rings. The lowest BCUT2D eigenvalue weighted by molar-refractivity contribution is 0.414. The van der Waals surface area contributed by atoms with Crippen LogP contribution in [0.5, 0.6) is 5.75 Å². The molecule has 1 aromatic heterocycles. The average molecular weight is 254 g/mol. The molecule has 17 heavy (non-hydrogen) atoms. The number of nitrogens with one attached hydrogen (secondary N) is 1. The molecule has 0 aliphatic rings. The van der Waals surface area contributed by atoms with Crippen molar-refractivity contribution < 1.29 is 9.13 Å². The first-order valence-corrected chi connectivity index (χ1v) is 5.15. The van der Waals surface area contributed by atoms with E-state index < -0.39 is 5.82 Å². The molecule has 0 amide bonds. The van der Waals surface area contributed by atoms with Crippen LogP contribution < -0.4 is 10.1 Å². The minimum atomic E-state index is -0.410. The zero-order chi connectivity index (χ0) is 12.3. The first kappa shape index (κ1) is 11.6. The molecule has 2 rings (SSSR count). The Labute approximate surface area is 102 Å². The molecule has 0 spiro atoms. The van der Waals surface area contributed by atoms with Gasteiger partial charge in [-0.15, -0.1) is 0 Å². The molecule has 1 N–H and O–H groups in total. The van der Waals surface area contributed by atoms with Crippen molar-refractivity contribution in [2.45, 2.75) is 0 Å². The number of hydrogen-bond acceptors (Lipinski definition) is 4. The highest BCUT2D eigenvalue weighted by Gasteiger charge is 2.05. The van der Waals surface area contributed by atoms with Gasteiger partial charge in [0.1, 0.15) is 16.7 Å². The monoisotopic (exact) mass is 253 g/mol. The van der Waals surface area contributed by atoms with E-state index in [1.807, 2.05) is 0 Å². The summed E-state index contributed by atoms with van der Waals surface area (Å²) in [5.74, 6) is 0.501. The van der Waals surface area contributed by atoms with Gasteiger partial charge >= 0.3 is 0 Å². The summed E-state index contributed by atoms with van der Waals surface area (Å²) < 4.78 is 18.5. The molecular weight excluding hydrogens is 245 g/mol. The van der Waals surface area contributed by atoms with Crippen molar-refractivity contribution >= 4 is 23.1 Å². The molecule has 0 aliphatic heterocycles. The molecule has 0 atom stereocenters. The Morgan fingerprint density at radius 1 is 1.35 bits per heavy atom. The van der Waals surface area contributed by atoms with Crippen LogP contribution in [0, 0.1) is 5.82 Å². The summed E-state index contributed by atoms with van der Waals surface area (Å²) in [5.41, 5.74) is 0.251. The number of methoxy groups -OCH3 is 1. The van der Waals surface area contributed by atoms with Gasteiger partial charge in [0.2, 0.25) is 0 Å². The Morgan fingerprint density at radius 2 is 2.18 bits per heavy atom. The number of nitrogens with zero attached hydrogens (tertiary/aromatic N) is 2. The van der Waals surface area contributed by atoms with Crippen LogP contribution in [0.25, 0.3) is 0 Å². The molecular formula is C11H9ClFN3O. The number of aromatic nitrogens is 2. The summed E-state index contributed by atoms with van der Waals surface area (Å²) in [6.45, 7) is 0. The SMILES string of the molecule is COc1ccc(F)c(Nc2cncc(Cl)n2)c1. The predicted octanol–water partition coefficient (Wildman–Crippen LogP) is 3.02. The molecule has 2 aromatic rings. The van der Waals surface area contributed by atoms with Gasteiger partial charge in [0, 0.05) is 6.07 Å². The Hall–Kier alpha value is -1.88. The lowest BCUT2D eigenvalue weighted by Gasteiger charge is -2.08. The van der Waals surface area contributed by atoms with Crippen molar-refractivity contribution in [3.8, 4) is 5.75 Å². The number of halogens is 2. The fourth-order valence-corrected chi connectivity index (χ4v) is 1.41. The van der Waals surface area contributed by atoms with Crippen molar-refractivity contribution in [3.63, 3.8) is 0 Å². The Morgan fingerprint density at radius 3 is 2.88 bits per heavy atom. The predicted molar refractivity (Wildman–Crippen MR) is 63.3 cm³/mol. The van der Waals surface area contributed by atoms with Crippen LogP contribution in [0.15, 0.2) is 30.6 Å². The molecule has 0 saturated heterocycles. The van der Waals surface area contributed by atoms with E-state index in [0.29, 0.717) is 11.6 Å². The van der Waals surface area contributed by atoms with E-state index in [1.54, 1.807) is 0 Å². The highest BCUT2D eigenvalue weighted by Crippen LogP contribution is 2.23. The van der Waals surface area contributed by atoms with Crippen LogP contribution in [-0.4, -0.2) is 17.1 Å². The van der Waals surface area contributed by atoms with Gasteiger partial charge in [0.05, 0.1) is 25.2 Å². The highest BCUT2D eigenvalue weighted by atomic mass is 35.5. The molecule has 4 nitrogen and oxygen atoms in total. The maximum atomic E-state index is 13.5. The maximum Gasteiger partial charge on any atom is 0.150 e. The normalized spacial score (nSPS) is 10.1. The lowest BCUT2D eigenvalue weighted by atomic mass is 10.3. The highest BCUT2D eigenvalue weighted by molar-refractivity contribution is 6.29. The van der Waals surface area contributed by atoms with Gasteiger partial charge in [-0.1, -0.05) is 11.6 Å². The zero-order valence-electron chi connectivity index (χ0n) is 8.95. The summed E-state index contributed by atoms with van der Waals surface area (Å²) in [5, 5.41) is 3.01. The van der Waals surface area contributed by atoms with E-state index in [4.69, 9.17) is 16.3 Å². The Bertz CT molecular complexity index is 536. The molecule has 88 valence electrons. The zero-order valence-corrected chi connectivity index (χ0v) is 9.70. The van der Waals surface area contributed by atoms with Crippen LogP contribution in [0.1, 0.15) is 0 Å². The van der Waals surface area contributed by atoms with E-state index in [-0.39, 0.29) is 10.8 Å². The van der Waals surface area contributed by atoms with Crippen molar-refractivity contribution in [3.05, 3.63) is 41.6 Å². The summed E-state index contributed by atoms with van der Waals surface area (Å²) in [7, 11) is 1.51. The summed E-state index contributed by atoms with van der Waals surface area (Å²) >= 11 is 5.68. The van der Waals surface area contributed by atoms with Gasteiger partial charge in [-0.2, -0.15) is 0 Å². The van der Waals surface area contributed by atoms with Gasteiger partial charge in [-0.25, -0.2) is 9.37 Å². The third-order valence-corrected chi connectivity index (χ3v) is 2.22. The summed E-state index contributed by atoms with van der Waals surface area (Å²) in [4.78, 5) is 7.79. The number of anilines is 2. The number of benzene rings is 1. The van der Waals surface area contributed by atoms with Gasteiger partial charge in [0.25, 0.3) is 0 Å². The van der Waals surface area contributed by atoms with E-state index in [9.17, 15) is 4.39 Å². The van der Waals surface area contributed by atoms with E-state index >= 15 is 0 Å². The van der Waals surface area contributed by atoms with Gasteiger partial charge < -0.3 is 10.1 Å². The van der Waals surface area contributed by atoms with Crippen molar-refractivity contribution in [2.24, 2.45) is 0 Å². The lowest BCUT2D eigenvalue weighted by Crippen LogP contribution is -1.97. The van der Waals surface area contributed by atoms with Gasteiger partial charge in [-0.05, 0) is 12.1 Å². The van der Waals surface area contributed by atoms with Crippen LogP contribution in [-0.2, 0) is 0 Å². The summed E-state index contributed by atoms with van der Waals surface area (Å²) in [6, 6.07) is 4.36. The smallest absolute Gasteiger partial charge is 0.150 e. The van der Waals surface area contributed by atoms with Crippen LogP contribution in [0.4, 0.5) is 15.9 Å². The molecule has 1 aromatic carbocycles. The molecule has 0 radical (unpaired) electrons. The second-order valence-electron chi connectivity index (χ2n) is 3.20. The van der Waals surface area contributed by atoms with Crippen LogP contribution >= 0.6 is 11.6 Å². The topological polar surface area (TPSA) is 47.0 Å². The fraction of sp³-hybridized carbons (Fsp3) is 0.0909. The van der Waals surface area contributed by atoms with Crippen LogP contribution in [0.2, 0.25) is 5.15 Å². The first-order valence-electron chi connectivity index (χ1n) is 4.77. The molecule has 0 saturated carbocycles. The number of hydrogen-bond donors (Lipinski definition) is 1. The molecule has 0 aliphatic carbocycles. The number of rotatable bonds is 3. The van der Waals surface area contributed by atoms with Crippen molar-refractivity contribution in [1.82, 2.24) is 9.97 Å². The maximum absolute atomic E-state index is 13.5. The van der Waals surface area contributed by atoms with E-state index in [1.165, 1.54) is 37.7 Å². The molecule has 0 bridgehead atoms. The third-order valence-electron chi connectivity index (χ3n) is 2.04. The Kier molecular flexibility index (Phi) is 3.39. The second kappa shape index (κ2) is 4.97. The van der Waals surface area contributed by atoms with Crippen LogP contribution in [0.3, 0.4) is 0 Å². The average Bonchev–Trinajstić information content (AvgIpc) is 2.32. The second-order valence-corrected chi connectivity index (χ2v) is 3.59. The standard InChI is InChI=1S/C11H9ClFN3O/c1-17-7-2-3-8(13)9(4-7)15-11-6-14-5-10(12)16-11/h2-6H,1H3,(H,15,16). The molecule has 1 heterocycles. The minimum absolute atomic E-state index is 0.235. The van der Waals surface area contributed by atoms with E-state index in [2.05, 4.69) is 15.3 Å².